The number of carbonyl (C=O) groups is 2. The third-order valence-corrected chi connectivity index (χ3v) is 5.19. The lowest BCUT2D eigenvalue weighted by Crippen LogP contribution is -2.30. The molecule has 3 amide bonds. The third-order valence-electron chi connectivity index (χ3n) is 5.19. The van der Waals surface area contributed by atoms with E-state index in [4.69, 9.17) is 5.73 Å². The first-order chi connectivity index (χ1) is 13.3. The van der Waals surface area contributed by atoms with E-state index in [0.29, 0.717) is 16.9 Å². The van der Waals surface area contributed by atoms with Crippen molar-refractivity contribution in [3.05, 3.63) is 53.1 Å². The first-order valence-corrected chi connectivity index (χ1v) is 9.68. The summed E-state index contributed by atoms with van der Waals surface area (Å²) in [5.41, 5.74) is 8.39. The number of nitrogens with two attached hydrogens (primary N) is 1. The average molecular weight is 396 g/mol. The molecular formula is C23H29N3O3. The Labute approximate surface area is 171 Å². The predicted molar refractivity (Wildman–Crippen MR) is 115 cm³/mol. The van der Waals surface area contributed by atoms with Crippen molar-refractivity contribution in [2.75, 3.05) is 10.6 Å². The van der Waals surface area contributed by atoms with Crippen LogP contribution < -0.4 is 16.0 Å². The van der Waals surface area contributed by atoms with E-state index in [1.54, 1.807) is 24.3 Å². The van der Waals surface area contributed by atoms with Crippen LogP contribution in [0.5, 0.6) is 5.75 Å². The van der Waals surface area contributed by atoms with Gasteiger partial charge in [0, 0.05) is 11.4 Å². The molecule has 154 valence electrons. The highest BCUT2D eigenvalue weighted by Gasteiger charge is 2.42. The number of urea groups is 1. The number of phenols is 1. The van der Waals surface area contributed by atoms with E-state index in [0.717, 1.165) is 11.1 Å². The van der Waals surface area contributed by atoms with Crippen molar-refractivity contribution in [1.29, 1.82) is 0 Å². The molecule has 4 N–H and O–H groups in total. The van der Waals surface area contributed by atoms with Crippen molar-refractivity contribution >= 4 is 23.3 Å². The Hall–Kier alpha value is -3.02. The van der Waals surface area contributed by atoms with Crippen LogP contribution in [0, 0.1) is 0 Å². The predicted octanol–water partition coefficient (Wildman–Crippen LogP) is 4.37. The van der Waals surface area contributed by atoms with Crippen molar-refractivity contribution in [3.8, 4) is 5.75 Å². The molecule has 29 heavy (non-hydrogen) atoms. The number of hydrogen-bond donors (Lipinski definition) is 3. The summed E-state index contributed by atoms with van der Waals surface area (Å²) in [6.45, 7) is 12.1. The van der Waals surface area contributed by atoms with Gasteiger partial charge in [-0.25, -0.2) is 4.79 Å². The summed E-state index contributed by atoms with van der Waals surface area (Å²) in [5, 5.41) is 13.4. The highest BCUT2D eigenvalue weighted by Crippen LogP contribution is 2.43. The van der Waals surface area contributed by atoms with Crippen LogP contribution in [0.25, 0.3) is 0 Å². The summed E-state index contributed by atoms with van der Waals surface area (Å²) in [7, 11) is 0. The SMILES string of the molecule is CC(C)(C)c1cc(C2C(=O)NC(=O)N2c2ccc(N)cc2)cc(C(C)(C)C)c1O. The zero-order chi connectivity index (χ0) is 21.7. The molecule has 0 bridgehead atoms. The highest BCUT2D eigenvalue weighted by atomic mass is 16.3. The molecule has 6 nitrogen and oxygen atoms in total. The number of carbonyl (C=O) groups excluding carboxylic acids is 2. The largest absolute Gasteiger partial charge is 0.507 e. The molecule has 2 aromatic carbocycles. The Morgan fingerprint density at radius 2 is 1.41 bits per heavy atom. The third kappa shape index (κ3) is 3.79. The van der Waals surface area contributed by atoms with Gasteiger partial charge in [-0.2, -0.15) is 0 Å². The molecule has 1 aliphatic rings. The number of phenolic OH excluding ortho intramolecular Hbond substituents is 1. The fourth-order valence-corrected chi connectivity index (χ4v) is 3.63. The number of benzene rings is 2. The maximum absolute atomic E-state index is 12.8. The van der Waals surface area contributed by atoms with E-state index in [9.17, 15) is 14.7 Å². The number of rotatable bonds is 2. The first kappa shape index (κ1) is 20.7. The van der Waals surface area contributed by atoms with Crippen LogP contribution in [-0.2, 0) is 15.6 Å². The van der Waals surface area contributed by atoms with Gasteiger partial charge in [-0.3, -0.25) is 15.0 Å². The molecule has 1 saturated heterocycles. The zero-order valence-corrected chi connectivity index (χ0v) is 17.8. The molecule has 3 rings (SSSR count). The van der Waals surface area contributed by atoms with Gasteiger partial charge >= 0.3 is 6.03 Å². The van der Waals surface area contributed by atoms with E-state index in [-0.39, 0.29) is 16.6 Å². The minimum Gasteiger partial charge on any atom is -0.507 e. The number of aromatic hydroxyl groups is 1. The molecule has 0 radical (unpaired) electrons. The number of nitrogens with zero attached hydrogens (tertiary/aromatic N) is 1. The lowest BCUT2D eigenvalue weighted by molar-refractivity contribution is -0.119. The topological polar surface area (TPSA) is 95.7 Å². The molecule has 6 heteroatoms. The molecule has 0 saturated carbocycles. The number of hydrogen-bond acceptors (Lipinski definition) is 4. The van der Waals surface area contributed by atoms with Crippen molar-refractivity contribution in [1.82, 2.24) is 5.32 Å². The van der Waals surface area contributed by atoms with E-state index in [1.165, 1.54) is 4.90 Å². The Morgan fingerprint density at radius 3 is 1.86 bits per heavy atom. The smallest absolute Gasteiger partial charge is 0.329 e. The molecule has 0 spiro atoms. The van der Waals surface area contributed by atoms with E-state index in [1.807, 2.05) is 53.7 Å². The summed E-state index contributed by atoms with van der Waals surface area (Å²) in [4.78, 5) is 26.8. The fourth-order valence-electron chi connectivity index (χ4n) is 3.63. The van der Waals surface area contributed by atoms with Crippen molar-refractivity contribution in [3.63, 3.8) is 0 Å². The van der Waals surface area contributed by atoms with Crippen LogP contribution in [-0.4, -0.2) is 17.0 Å². The zero-order valence-electron chi connectivity index (χ0n) is 17.8. The monoisotopic (exact) mass is 395 g/mol. The molecular weight excluding hydrogens is 366 g/mol. The van der Waals surface area contributed by atoms with Crippen LogP contribution in [0.4, 0.5) is 16.2 Å². The second-order valence-corrected chi connectivity index (χ2v) is 9.62. The molecule has 0 aliphatic carbocycles. The van der Waals surface area contributed by atoms with Crippen LogP contribution in [0.15, 0.2) is 36.4 Å². The Kier molecular flexibility index (Phi) is 4.85. The van der Waals surface area contributed by atoms with Gasteiger partial charge in [0.05, 0.1) is 0 Å². The average Bonchev–Trinajstić information content (AvgIpc) is 2.88. The van der Waals surface area contributed by atoms with Gasteiger partial charge in [-0.05, 0) is 63.9 Å². The second-order valence-electron chi connectivity index (χ2n) is 9.62. The molecule has 1 fully saturated rings. The minimum absolute atomic E-state index is 0.234. The quantitative estimate of drug-likeness (QED) is 0.520. The molecule has 1 unspecified atom stereocenters. The minimum atomic E-state index is -0.825. The van der Waals surface area contributed by atoms with E-state index in [2.05, 4.69) is 5.32 Å². The fraction of sp³-hybridized carbons (Fsp3) is 0.391. The molecule has 1 atom stereocenters. The summed E-state index contributed by atoms with van der Waals surface area (Å²) in [6, 6.07) is 9.18. The number of nitrogens with one attached hydrogen (secondary N) is 1. The van der Waals surface area contributed by atoms with Gasteiger partial charge in [0.25, 0.3) is 5.91 Å². The highest BCUT2D eigenvalue weighted by molar-refractivity contribution is 6.14. The first-order valence-electron chi connectivity index (χ1n) is 9.68. The Morgan fingerprint density at radius 1 is 0.931 bits per heavy atom. The van der Waals surface area contributed by atoms with E-state index < -0.39 is 18.0 Å². The standard InChI is InChI=1S/C23H29N3O3/c1-22(2,3)16-11-13(12-17(19(16)27)23(4,5)6)18-20(28)25-21(29)26(18)15-9-7-14(24)8-10-15/h7-12,18,27H,24H2,1-6H3,(H,25,28,29). The van der Waals surface area contributed by atoms with E-state index >= 15 is 0 Å². The van der Waals surface area contributed by atoms with Crippen molar-refractivity contribution in [2.24, 2.45) is 0 Å². The summed E-state index contributed by atoms with van der Waals surface area (Å²) in [6.07, 6.45) is 0. The maximum Gasteiger partial charge on any atom is 0.329 e. The molecule has 0 aromatic heterocycles. The Balaban J connectivity index is 2.23. The maximum atomic E-state index is 12.8. The van der Waals surface area contributed by atoms with Gasteiger partial charge in [-0.1, -0.05) is 41.5 Å². The van der Waals surface area contributed by atoms with Crippen LogP contribution in [0.3, 0.4) is 0 Å². The van der Waals surface area contributed by atoms with Crippen molar-refractivity contribution < 1.29 is 14.7 Å². The van der Waals surface area contributed by atoms with Crippen LogP contribution in [0.2, 0.25) is 0 Å². The molecule has 1 aliphatic heterocycles. The van der Waals surface area contributed by atoms with Gasteiger partial charge in [0.15, 0.2) is 0 Å². The number of imide groups is 1. The lowest BCUT2D eigenvalue weighted by Gasteiger charge is -2.30. The number of anilines is 2. The van der Waals surface area contributed by atoms with Gasteiger partial charge in [0.1, 0.15) is 11.8 Å². The summed E-state index contributed by atoms with van der Waals surface area (Å²) >= 11 is 0. The number of amides is 3. The summed E-state index contributed by atoms with van der Waals surface area (Å²) < 4.78 is 0. The summed E-state index contributed by atoms with van der Waals surface area (Å²) in [5.74, 6) is -0.158. The number of nitrogen functional groups attached to an aromatic ring is 1. The van der Waals surface area contributed by atoms with Crippen LogP contribution in [0.1, 0.15) is 64.3 Å². The second kappa shape index (κ2) is 6.79. The normalized spacial score (nSPS) is 17.6. The molecule has 2 aromatic rings. The van der Waals surface area contributed by atoms with Gasteiger partial charge < -0.3 is 10.8 Å². The molecule has 1 heterocycles. The van der Waals surface area contributed by atoms with Crippen molar-refractivity contribution in [2.45, 2.75) is 58.4 Å². The Bertz CT molecular complexity index is 931. The van der Waals surface area contributed by atoms with Gasteiger partial charge in [-0.15, -0.1) is 0 Å². The lowest BCUT2D eigenvalue weighted by atomic mass is 9.77. The van der Waals surface area contributed by atoms with Gasteiger partial charge in [0.2, 0.25) is 0 Å². The van der Waals surface area contributed by atoms with Crippen LogP contribution >= 0.6 is 0 Å².